The predicted octanol–water partition coefficient (Wildman–Crippen LogP) is 2.45. The minimum atomic E-state index is -0.732. The molecule has 1 saturated heterocycles. The molecule has 0 atom stereocenters. The maximum atomic E-state index is 6.42. The van der Waals surface area contributed by atoms with Crippen molar-refractivity contribution in [1.29, 1.82) is 0 Å². The molecule has 0 unspecified atom stereocenters. The van der Waals surface area contributed by atoms with Gasteiger partial charge in [0.05, 0.1) is 12.2 Å². The number of nitrogens with zero attached hydrogens (tertiary/aromatic N) is 3. The van der Waals surface area contributed by atoms with Gasteiger partial charge in [-0.05, 0) is 18.1 Å². The molecule has 0 amide bonds. The Balaban J connectivity index is 1.95. The molecular weight excluding hydrogens is 362 g/mol. The highest BCUT2D eigenvalue weighted by Crippen LogP contribution is 2.34. The summed E-state index contributed by atoms with van der Waals surface area (Å²) < 4.78 is 0. The Morgan fingerprint density at radius 3 is 2.52 bits per heavy atom. The van der Waals surface area contributed by atoms with Gasteiger partial charge in [-0.1, -0.05) is 50.6 Å². The molecule has 1 aromatic heterocycles. The molecule has 7 N–H and O–H groups in total. The van der Waals surface area contributed by atoms with Crippen molar-refractivity contribution in [2.24, 2.45) is 11.5 Å². The van der Waals surface area contributed by atoms with Gasteiger partial charge in [0, 0.05) is 23.5 Å². The van der Waals surface area contributed by atoms with Gasteiger partial charge in [-0.3, -0.25) is 0 Å². The summed E-state index contributed by atoms with van der Waals surface area (Å²) in [6.07, 6.45) is 0.684. The van der Waals surface area contributed by atoms with E-state index in [0.29, 0.717) is 54.2 Å². The van der Waals surface area contributed by atoms with Crippen molar-refractivity contribution >= 4 is 28.9 Å². The zero-order valence-corrected chi connectivity index (χ0v) is 16.8. The van der Waals surface area contributed by atoms with E-state index in [1.807, 2.05) is 29.2 Å². The van der Waals surface area contributed by atoms with Crippen LogP contribution in [0.3, 0.4) is 0 Å². The van der Waals surface area contributed by atoms with Gasteiger partial charge in [-0.15, -0.1) is 0 Å². The van der Waals surface area contributed by atoms with E-state index in [1.54, 1.807) is 0 Å². The molecule has 1 aliphatic rings. The van der Waals surface area contributed by atoms with E-state index < -0.39 is 5.66 Å². The van der Waals surface area contributed by atoms with E-state index in [0.717, 1.165) is 5.56 Å². The summed E-state index contributed by atoms with van der Waals surface area (Å²) in [6.45, 7) is 7.94. The maximum absolute atomic E-state index is 6.42. The SMILES string of the molecule is CC(C)(C)c1nc(NCc2ccccc2Cl)c(N)c(N2CCC(N)(N)C2)n1. The third-order valence-corrected chi connectivity index (χ3v) is 5.00. The quantitative estimate of drug-likeness (QED) is 0.593. The topological polar surface area (TPSA) is 119 Å². The number of nitrogens with one attached hydrogen (secondary N) is 1. The van der Waals surface area contributed by atoms with Crippen molar-refractivity contribution in [1.82, 2.24) is 9.97 Å². The van der Waals surface area contributed by atoms with Crippen LogP contribution in [0.2, 0.25) is 5.02 Å². The molecule has 0 bridgehead atoms. The predicted molar refractivity (Wildman–Crippen MR) is 112 cm³/mol. The molecule has 0 radical (unpaired) electrons. The largest absolute Gasteiger partial charge is 0.393 e. The molecule has 1 fully saturated rings. The zero-order valence-electron chi connectivity index (χ0n) is 16.1. The van der Waals surface area contributed by atoms with Crippen LogP contribution < -0.4 is 27.4 Å². The standard InChI is InChI=1S/C19H28ClN7/c1-18(2,3)17-25-15(24-10-12-6-4-5-7-13(12)20)14(21)16(26-17)27-9-8-19(22,23)11-27/h4-7H,8-11,21-23H2,1-3H3,(H,24,25,26). The molecule has 2 heterocycles. The van der Waals surface area contributed by atoms with E-state index in [-0.39, 0.29) is 5.41 Å². The Hall–Kier alpha value is -2.09. The molecule has 146 valence electrons. The maximum Gasteiger partial charge on any atom is 0.157 e. The highest BCUT2D eigenvalue weighted by Gasteiger charge is 2.33. The van der Waals surface area contributed by atoms with Crippen molar-refractivity contribution in [3.8, 4) is 0 Å². The lowest BCUT2D eigenvalue weighted by molar-refractivity contribution is 0.494. The lowest BCUT2D eigenvalue weighted by Gasteiger charge is -2.26. The fourth-order valence-electron chi connectivity index (χ4n) is 3.03. The van der Waals surface area contributed by atoms with Gasteiger partial charge in [0.2, 0.25) is 0 Å². The number of anilines is 3. The van der Waals surface area contributed by atoms with Gasteiger partial charge in [0.15, 0.2) is 11.6 Å². The van der Waals surface area contributed by atoms with Crippen LogP contribution in [0.15, 0.2) is 24.3 Å². The molecule has 0 saturated carbocycles. The molecular formula is C19H28ClN7. The van der Waals surface area contributed by atoms with Gasteiger partial charge in [0.1, 0.15) is 11.5 Å². The first-order chi connectivity index (χ1) is 12.6. The Labute approximate surface area is 165 Å². The number of nitrogens with two attached hydrogens (primary N) is 3. The number of rotatable bonds is 4. The lowest BCUT2D eigenvalue weighted by atomic mass is 9.95. The summed E-state index contributed by atoms with van der Waals surface area (Å²) in [6, 6.07) is 7.68. The van der Waals surface area contributed by atoms with Crippen LogP contribution in [0.1, 0.15) is 38.6 Å². The van der Waals surface area contributed by atoms with Gasteiger partial charge >= 0.3 is 0 Å². The second kappa shape index (κ2) is 7.14. The Kier molecular flexibility index (Phi) is 5.20. The van der Waals surface area contributed by atoms with E-state index in [9.17, 15) is 0 Å². The first-order valence-electron chi connectivity index (χ1n) is 9.05. The fraction of sp³-hybridized carbons (Fsp3) is 0.474. The fourth-order valence-corrected chi connectivity index (χ4v) is 3.23. The first-order valence-corrected chi connectivity index (χ1v) is 9.43. The normalized spacial score (nSPS) is 16.6. The molecule has 3 rings (SSSR count). The summed E-state index contributed by atoms with van der Waals surface area (Å²) in [7, 11) is 0. The lowest BCUT2D eigenvalue weighted by Crippen LogP contribution is -2.51. The minimum Gasteiger partial charge on any atom is -0.393 e. The molecule has 0 aliphatic carbocycles. The van der Waals surface area contributed by atoms with Crippen molar-refractivity contribution in [2.75, 3.05) is 29.0 Å². The zero-order chi connectivity index (χ0) is 19.8. The van der Waals surface area contributed by atoms with Gasteiger partial charge in [-0.25, -0.2) is 9.97 Å². The summed E-state index contributed by atoms with van der Waals surface area (Å²) in [4.78, 5) is 11.4. The van der Waals surface area contributed by atoms with Crippen molar-refractivity contribution in [3.63, 3.8) is 0 Å². The highest BCUT2D eigenvalue weighted by molar-refractivity contribution is 6.31. The van der Waals surface area contributed by atoms with E-state index in [2.05, 4.69) is 31.1 Å². The van der Waals surface area contributed by atoms with Gasteiger partial charge in [0.25, 0.3) is 0 Å². The Bertz CT molecular complexity index is 829. The average Bonchev–Trinajstić information content (AvgIpc) is 2.94. The molecule has 8 heteroatoms. The average molecular weight is 390 g/mol. The summed E-state index contributed by atoms with van der Waals surface area (Å²) >= 11 is 6.26. The molecule has 1 aliphatic heterocycles. The summed E-state index contributed by atoms with van der Waals surface area (Å²) in [5, 5.41) is 4.02. The summed E-state index contributed by atoms with van der Waals surface area (Å²) in [5.41, 5.74) is 19.1. The number of hydrogen-bond acceptors (Lipinski definition) is 7. The van der Waals surface area contributed by atoms with Gasteiger partial charge < -0.3 is 27.4 Å². The third-order valence-electron chi connectivity index (χ3n) is 4.63. The van der Waals surface area contributed by atoms with Crippen LogP contribution in [0, 0.1) is 0 Å². The monoisotopic (exact) mass is 389 g/mol. The Morgan fingerprint density at radius 1 is 1.22 bits per heavy atom. The second-order valence-electron chi connectivity index (χ2n) is 8.23. The van der Waals surface area contributed by atoms with E-state index >= 15 is 0 Å². The van der Waals surface area contributed by atoms with E-state index in [4.69, 9.17) is 33.8 Å². The molecule has 2 aromatic rings. The highest BCUT2D eigenvalue weighted by atomic mass is 35.5. The van der Waals surface area contributed by atoms with Crippen molar-refractivity contribution in [3.05, 3.63) is 40.7 Å². The number of aromatic nitrogens is 2. The molecule has 27 heavy (non-hydrogen) atoms. The van der Waals surface area contributed by atoms with Crippen molar-refractivity contribution in [2.45, 2.75) is 44.8 Å². The van der Waals surface area contributed by atoms with Crippen LogP contribution in [-0.2, 0) is 12.0 Å². The van der Waals surface area contributed by atoms with E-state index in [1.165, 1.54) is 0 Å². The number of halogens is 1. The number of benzene rings is 1. The molecule has 0 spiro atoms. The first kappa shape index (κ1) is 19.7. The van der Waals surface area contributed by atoms with Crippen LogP contribution in [-0.4, -0.2) is 28.7 Å². The molecule has 7 nitrogen and oxygen atoms in total. The van der Waals surface area contributed by atoms with Crippen LogP contribution >= 0.6 is 11.6 Å². The van der Waals surface area contributed by atoms with Crippen LogP contribution in [0.5, 0.6) is 0 Å². The van der Waals surface area contributed by atoms with Crippen molar-refractivity contribution < 1.29 is 0 Å². The summed E-state index contributed by atoms with van der Waals surface area (Å²) in [5.74, 6) is 1.98. The van der Waals surface area contributed by atoms with Crippen LogP contribution in [0.4, 0.5) is 17.3 Å². The minimum absolute atomic E-state index is 0.231. The van der Waals surface area contributed by atoms with Gasteiger partial charge in [-0.2, -0.15) is 0 Å². The Morgan fingerprint density at radius 2 is 1.93 bits per heavy atom. The van der Waals surface area contributed by atoms with Crippen LogP contribution in [0.25, 0.3) is 0 Å². The number of nitrogen functional groups attached to an aromatic ring is 1. The number of hydrogen-bond donors (Lipinski definition) is 4. The molecule has 1 aromatic carbocycles. The second-order valence-corrected chi connectivity index (χ2v) is 8.64. The smallest absolute Gasteiger partial charge is 0.157 e. The third kappa shape index (κ3) is 4.43.